The standard InChI is InChI=1S/C20H20N2O4S/c1-25-15-9-7-14(8-10-15)11-12-27-20-21-17-6-4-3-5-16(17)19(24)22(20)13-18(23)26-2/h3-10H,11-13H2,1-2H3. The number of fused-ring (bicyclic) bond motifs is 1. The van der Waals surface area contributed by atoms with Gasteiger partial charge in [0.15, 0.2) is 5.16 Å². The fraction of sp³-hybridized carbons (Fsp3) is 0.250. The van der Waals surface area contributed by atoms with Gasteiger partial charge >= 0.3 is 5.97 Å². The molecule has 0 spiro atoms. The van der Waals surface area contributed by atoms with E-state index in [2.05, 4.69) is 4.98 Å². The van der Waals surface area contributed by atoms with E-state index in [4.69, 9.17) is 9.47 Å². The smallest absolute Gasteiger partial charge is 0.325 e. The van der Waals surface area contributed by atoms with E-state index >= 15 is 0 Å². The van der Waals surface area contributed by atoms with Crippen LogP contribution in [0.1, 0.15) is 5.56 Å². The van der Waals surface area contributed by atoms with Crippen LogP contribution < -0.4 is 10.3 Å². The third-order valence-corrected chi connectivity index (χ3v) is 5.10. The number of hydrogen-bond acceptors (Lipinski definition) is 6. The Bertz CT molecular complexity index is 999. The first kappa shape index (κ1) is 19.0. The minimum Gasteiger partial charge on any atom is -0.497 e. The van der Waals surface area contributed by atoms with E-state index in [0.717, 1.165) is 23.5 Å². The minimum absolute atomic E-state index is 0.155. The molecule has 140 valence electrons. The lowest BCUT2D eigenvalue weighted by Gasteiger charge is -2.12. The molecule has 0 N–H and O–H groups in total. The van der Waals surface area contributed by atoms with Gasteiger partial charge in [-0.15, -0.1) is 0 Å². The van der Waals surface area contributed by atoms with E-state index in [1.807, 2.05) is 30.3 Å². The van der Waals surface area contributed by atoms with Crippen molar-refractivity contribution in [1.29, 1.82) is 0 Å². The van der Waals surface area contributed by atoms with Crippen molar-refractivity contribution in [2.24, 2.45) is 0 Å². The van der Waals surface area contributed by atoms with Gasteiger partial charge in [-0.1, -0.05) is 36.0 Å². The lowest BCUT2D eigenvalue weighted by atomic mass is 10.2. The summed E-state index contributed by atoms with van der Waals surface area (Å²) in [5.74, 6) is 1.05. The first-order valence-corrected chi connectivity index (χ1v) is 9.43. The van der Waals surface area contributed by atoms with Crippen molar-refractivity contribution < 1.29 is 14.3 Å². The van der Waals surface area contributed by atoms with Gasteiger partial charge in [0.1, 0.15) is 12.3 Å². The fourth-order valence-electron chi connectivity index (χ4n) is 2.64. The highest BCUT2D eigenvalue weighted by Gasteiger charge is 2.14. The average Bonchev–Trinajstić information content (AvgIpc) is 2.71. The Hall–Kier alpha value is -2.80. The third kappa shape index (κ3) is 4.49. The van der Waals surface area contributed by atoms with Crippen LogP contribution in [0.2, 0.25) is 0 Å². The van der Waals surface area contributed by atoms with Crippen molar-refractivity contribution in [3.8, 4) is 5.75 Å². The van der Waals surface area contributed by atoms with Crippen LogP contribution >= 0.6 is 11.8 Å². The number of carbonyl (C=O) groups is 1. The number of rotatable bonds is 7. The molecular weight excluding hydrogens is 364 g/mol. The highest BCUT2D eigenvalue weighted by molar-refractivity contribution is 7.99. The summed E-state index contributed by atoms with van der Waals surface area (Å²) in [7, 11) is 2.94. The summed E-state index contributed by atoms with van der Waals surface area (Å²) in [6, 6.07) is 15.0. The lowest BCUT2D eigenvalue weighted by Crippen LogP contribution is -2.27. The molecule has 0 radical (unpaired) electrons. The molecule has 7 heteroatoms. The molecule has 0 aliphatic carbocycles. The Morgan fingerprint density at radius 3 is 2.56 bits per heavy atom. The predicted octanol–water partition coefficient (Wildman–Crippen LogP) is 2.91. The van der Waals surface area contributed by atoms with Crippen molar-refractivity contribution >= 4 is 28.6 Å². The number of aromatic nitrogens is 2. The molecule has 0 atom stereocenters. The summed E-state index contributed by atoms with van der Waals surface area (Å²) in [6.07, 6.45) is 0.801. The average molecular weight is 384 g/mol. The summed E-state index contributed by atoms with van der Waals surface area (Å²) in [6.45, 7) is -0.155. The number of carbonyl (C=O) groups excluding carboxylic acids is 1. The van der Waals surface area contributed by atoms with Gasteiger partial charge in [-0.05, 0) is 36.2 Å². The third-order valence-electron chi connectivity index (χ3n) is 4.12. The molecule has 1 aromatic heterocycles. The molecule has 1 heterocycles. The molecule has 0 fully saturated rings. The molecule has 0 amide bonds. The Labute approximate surface area is 161 Å². The Kier molecular flexibility index (Phi) is 6.13. The van der Waals surface area contributed by atoms with Crippen LogP contribution in [0.25, 0.3) is 10.9 Å². The van der Waals surface area contributed by atoms with Gasteiger partial charge in [0.2, 0.25) is 0 Å². The molecule has 0 saturated carbocycles. The van der Waals surface area contributed by atoms with Crippen LogP contribution in [0.5, 0.6) is 5.75 Å². The molecule has 27 heavy (non-hydrogen) atoms. The first-order valence-electron chi connectivity index (χ1n) is 8.44. The van der Waals surface area contributed by atoms with Crippen LogP contribution in [0, 0.1) is 0 Å². The Morgan fingerprint density at radius 1 is 1.11 bits per heavy atom. The summed E-state index contributed by atoms with van der Waals surface area (Å²) in [5, 5.41) is 0.999. The van der Waals surface area contributed by atoms with Crippen molar-refractivity contribution in [3.05, 3.63) is 64.4 Å². The lowest BCUT2D eigenvalue weighted by molar-refractivity contribution is -0.141. The zero-order valence-electron chi connectivity index (χ0n) is 15.2. The topological polar surface area (TPSA) is 70.4 Å². The van der Waals surface area contributed by atoms with Crippen molar-refractivity contribution in [2.75, 3.05) is 20.0 Å². The minimum atomic E-state index is -0.480. The summed E-state index contributed by atoms with van der Waals surface area (Å²) < 4.78 is 11.3. The maximum atomic E-state index is 12.8. The summed E-state index contributed by atoms with van der Waals surface area (Å²) in [5.41, 5.74) is 1.54. The van der Waals surface area contributed by atoms with Crippen LogP contribution in [0.4, 0.5) is 0 Å². The normalized spacial score (nSPS) is 10.7. The zero-order valence-corrected chi connectivity index (χ0v) is 16.0. The van der Waals surface area contributed by atoms with Crippen LogP contribution in [-0.2, 0) is 22.5 Å². The Balaban J connectivity index is 1.83. The van der Waals surface area contributed by atoms with E-state index in [9.17, 15) is 9.59 Å². The van der Waals surface area contributed by atoms with Crippen molar-refractivity contribution in [2.45, 2.75) is 18.1 Å². The molecule has 0 saturated heterocycles. The van der Waals surface area contributed by atoms with Crippen molar-refractivity contribution in [1.82, 2.24) is 9.55 Å². The van der Waals surface area contributed by atoms with E-state index in [1.165, 1.54) is 23.4 Å². The number of thioether (sulfide) groups is 1. The summed E-state index contributed by atoms with van der Waals surface area (Å²) in [4.78, 5) is 29.1. The first-order chi connectivity index (χ1) is 13.1. The SMILES string of the molecule is COC(=O)Cn1c(SCCc2ccc(OC)cc2)nc2ccccc2c1=O. The number of nitrogens with zero attached hydrogens (tertiary/aromatic N) is 2. The maximum Gasteiger partial charge on any atom is 0.325 e. The number of esters is 1. The van der Waals surface area contributed by atoms with E-state index in [0.29, 0.717) is 16.1 Å². The molecule has 3 aromatic rings. The second kappa shape index (κ2) is 8.73. The van der Waals surface area contributed by atoms with E-state index < -0.39 is 5.97 Å². The number of hydrogen-bond donors (Lipinski definition) is 0. The highest BCUT2D eigenvalue weighted by atomic mass is 32.2. The van der Waals surface area contributed by atoms with E-state index in [1.54, 1.807) is 25.3 Å². The van der Waals surface area contributed by atoms with E-state index in [-0.39, 0.29) is 12.1 Å². The molecule has 0 bridgehead atoms. The number of aryl methyl sites for hydroxylation is 1. The van der Waals surface area contributed by atoms with Crippen molar-refractivity contribution in [3.63, 3.8) is 0 Å². The number of para-hydroxylation sites is 1. The Morgan fingerprint density at radius 2 is 1.85 bits per heavy atom. The van der Waals surface area contributed by atoms with Gasteiger partial charge in [0.05, 0.1) is 25.1 Å². The second-order valence-electron chi connectivity index (χ2n) is 5.83. The van der Waals surface area contributed by atoms with Crippen LogP contribution in [0.3, 0.4) is 0 Å². The molecule has 0 aliphatic rings. The van der Waals surface area contributed by atoms with Gasteiger partial charge in [0.25, 0.3) is 5.56 Å². The number of benzene rings is 2. The molecule has 0 aliphatic heterocycles. The molecule has 6 nitrogen and oxygen atoms in total. The van der Waals surface area contributed by atoms with Crippen LogP contribution in [-0.4, -0.2) is 35.5 Å². The largest absolute Gasteiger partial charge is 0.497 e. The van der Waals surface area contributed by atoms with Gasteiger partial charge in [0, 0.05) is 5.75 Å². The molecular formula is C20H20N2O4S. The van der Waals surface area contributed by atoms with Gasteiger partial charge in [-0.2, -0.15) is 0 Å². The molecule has 2 aromatic carbocycles. The highest BCUT2D eigenvalue weighted by Crippen LogP contribution is 2.20. The van der Waals surface area contributed by atoms with Gasteiger partial charge in [-0.25, -0.2) is 4.98 Å². The second-order valence-corrected chi connectivity index (χ2v) is 6.89. The quantitative estimate of drug-likeness (QED) is 0.354. The molecule has 3 rings (SSSR count). The zero-order chi connectivity index (χ0) is 19.2. The number of methoxy groups -OCH3 is 2. The predicted molar refractivity (Wildman–Crippen MR) is 105 cm³/mol. The van der Waals surface area contributed by atoms with Gasteiger partial charge < -0.3 is 9.47 Å². The number of ether oxygens (including phenoxy) is 2. The van der Waals surface area contributed by atoms with Gasteiger partial charge in [-0.3, -0.25) is 14.2 Å². The van der Waals surface area contributed by atoms with Crippen LogP contribution in [0.15, 0.2) is 58.5 Å². The maximum absolute atomic E-state index is 12.8. The molecule has 0 unspecified atom stereocenters. The summed E-state index contributed by atoms with van der Waals surface area (Å²) >= 11 is 1.45. The fourth-order valence-corrected chi connectivity index (χ4v) is 3.63. The monoisotopic (exact) mass is 384 g/mol.